The molecule has 3 rings (SSSR count). The van der Waals surface area contributed by atoms with Gasteiger partial charge in [0.25, 0.3) is 0 Å². The predicted molar refractivity (Wildman–Crippen MR) is 107 cm³/mol. The fraction of sp³-hybridized carbons (Fsp3) is 0.158. The summed E-state index contributed by atoms with van der Waals surface area (Å²) >= 11 is 5.86. The quantitative estimate of drug-likeness (QED) is 0.521. The summed E-state index contributed by atoms with van der Waals surface area (Å²) < 4.78 is 26.2. The number of aliphatic carboxylic acids is 1. The minimum Gasteiger partial charge on any atom is -0.493 e. The molecule has 29 heavy (non-hydrogen) atoms. The molecule has 0 saturated heterocycles. The van der Waals surface area contributed by atoms with E-state index < -0.39 is 45.6 Å². The van der Waals surface area contributed by atoms with Gasteiger partial charge in [-0.3, -0.25) is 9.36 Å². The van der Waals surface area contributed by atoms with Crippen molar-refractivity contribution in [3.8, 4) is 17.0 Å². The number of hydrogen-bond acceptors (Lipinski definition) is 5. The van der Waals surface area contributed by atoms with Crippen molar-refractivity contribution in [3.05, 3.63) is 70.2 Å². The van der Waals surface area contributed by atoms with Crippen molar-refractivity contribution in [2.75, 3.05) is 5.75 Å². The van der Waals surface area contributed by atoms with E-state index in [2.05, 4.69) is 4.98 Å². The van der Waals surface area contributed by atoms with Crippen LogP contribution in [0.5, 0.6) is 5.88 Å². The van der Waals surface area contributed by atoms with Gasteiger partial charge in [-0.1, -0.05) is 35.9 Å². The van der Waals surface area contributed by atoms with Crippen LogP contribution in [-0.2, 0) is 21.2 Å². The Kier molecular flexibility index (Phi) is 5.81. The second kappa shape index (κ2) is 8.14. The van der Waals surface area contributed by atoms with Crippen LogP contribution in [0.1, 0.15) is 0 Å². The van der Waals surface area contributed by atoms with E-state index in [1.54, 1.807) is 36.4 Å². The van der Waals surface area contributed by atoms with E-state index in [1.165, 1.54) is 12.1 Å². The third-order valence-corrected chi connectivity index (χ3v) is 6.49. The number of carboxylic acid groups (broad SMARTS) is 1. The van der Waals surface area contributed by atoms with E-state index >= 15 is 0 Å². The number of rotatable bonds is 7. The van der Waals surface area contributed by atoms with Crippen LogP contribution in [0.4, 0.5) is 0 Å². The lowest BCUT2D eigenvalue weighted by molar-refractivity contribution is -0.141. The van der Waals surface area contributed by atoms with Crippen LogP contribution in [0.3, 0.4) is 0 Å². The van der Waals surface area contributed by atoms with Crippen LogP contribution < -0.4 is 5.69 Å². The van der Waals surface area contributed by atoms with E-state index in [-0.39, 0.29) is 4.90 Å². The van der Waals surface area contributed by atoms with Gasteiger partial charge in [-0.05, 0) is 35.4 Å². The fourth-order valence-corrected chi connectivity index (χ4v) is 4.49. The minimum absolute atomic E-state index is 0.0351. The SMILES string of the molecule is O=C(O)C(Cn1c(O)c[nH]c1=O)CS(=O)(=O)c1ccc(-c2ccc(Cl)cc2)cc1. The largest absolute Gasteiger partial charge is 0.493 e. The Morgan fingerprint density at radius 3 is 2.10 bits per heavy atom. The first-order valence-electron chi connectivity index (χ1n) is 8.46. The number of aromatic nitrogens is 2. The summed E-state index contributed by atoms with van der Waals surface area (Å²) in [7, 11) is -3.95. The fourth-order valence-electron chi connectivity index (χ4n) is 2.84. The third kappa shape index (κ3) is 4.69. The van der Waals surface area contributed by atoms with Gasteiger partial charge >= 0.3 is 11.7 Å². The Bertz CT molecular complexity index is 1180. The molecule has 3 N–H and O–H groups in total. The van der Waals surface area contributed by atoms with Crippen molar-refractivity contribution in [3.63, 3.8) is 0 Å². The normalized spacial score (nSPS) is 12.6. The van der Waals surface area contributed by atoms with Gasteiger partial charge in [-0.25, -0.2) is 13.2 Å². The van der Waals surface area contributed by atoms with Gasteiger partial charge in [0.2, 0.25) is 5.88 Å². The van der Waals surface area contributed by atoms with Gasteiger partial charge in [-0.15, -0.1) is 0 Å². The number of imidazole rings is 1. The zero-order chi connectivity index (χ0) is 21.2. The van der Waals surface area contributed by atoms with Gasteiger partial charge in [0.05, 0.1) is 22.8 Å². The van der Waals surface area contributed by atoms with Crippen LogP contribution >= 0.6 is 11.6 Å². The number of aromatic amines is 1. The molecule has 0 aliphatic heterocycles. The van der Waals surface area contributed by atoms with Crippen LogP contribution in [-0.4, -0.2) is 39.9 Å². The summed E-state index contributed by atoms with van der Waals surface area (Å²) in [5.74, 6) is -4.00. The first-order valence-corrected chi connectivity index (χ1v) is 10.5. The van der Waals surface area contributed by atoms with Crippen molar-refractivity contribution >= 4 is 27.4 Å². The number of carbonyl (C=O) groups is 1. The van der Waals surface area contributed by atoms with E-state index in [0.29, 0.717) is 5.02 Å². The highest BCUT2D eigenvalue weighted by atomic mass is 35.5. The molecule has 3 aromatic rings. The number of hydrogen-bond donors (Lipinski definition) is 3. The summed E-state index contributed by atoms with van der Waals surface area (Å²) in [6.45, 7) is -0.481. The molecule has 1 unspecified atom stereocenters. The average Bonchev–Trinajstić information content (AvgIpc) is 3.00. The molecule has 10 heteroatoms. The number of halogens is 1. The van der Waals surface area contributed by atoms with E-state index in [9.17, 15) is 28.2 Å². The number of nitrogens with one attached hydrogen (secondary N) is 1. The third-order valence-electron chi connectivity index (χ3n) is 4.41. The lowest BCUT2D eigenvalue weighted by Crippen LogP contribution is -2.31. The number of carboxylic acids is 1. The molecule has 0 aliphatic carbocycles. The number of nitrogens with zero attached hydrogens (tertiary/aromatic N) is 1. The van der Waals surface area contributed by atoms with Gasteiger partial charge in [0.15, 0.2) is 9.84 Å². The highest BCUT2D eigenvalue weighted by Crippen LogP contribution is 2.24. The predicted octanol–water partition coefficient (Wildman–Crippen LogP) is 2.38. The van der Waals surface area contributed by atoms with Crippen molar-refractivity contribution < 1.29 is 23.4 Å². The summed E-state index contributed by atoms with van der Waals surface area (Å²) in [5.41, 5.74) is 0.904. The Morgan fingerprint density at radius 2 is 1.62 bits per heavy atom. The molecule has 0 spiro atoms. The van der Waals surface area contributed by atoms with Gasteiger partial charge in [0, 0.05) is 11.6 Å². The van der Waals surface area contributed by atoms with Crippen molar-refractivity contribution in [2.45, 2.75) is 11.4 Å². The molecule has 1 heterocycles. The second-order valence-electron chi connectivity index (χ2n) is 6.41. The molecular weight excluding hydrogens is 420 g/mol. The summed E-state index contributed by atoms with van der Waals surface area (Å²) in [6.07, 6.45) is 1.01. The zero-order valence-electron chi connectivity index (χ0n) is 14.9. The van der Waals surface area contributed by atoms with Gasteiger partial charge in [-0.2, -0.15) is 0 Å². The molecule has 0 saturated carbocycles. The minimum atomic E-state index is -3.95. The second-order valence-corrected chi connectivity index (χ2v) is 8.88. The van der Waals surface area contributed by atoms with Crippen LogP contribution in [0.25, 0.3) is 11.1 Å². The molecule has 1 atom stereocenters. The average molecular weight is 437 g/mol. The first kappa shape index (κ1) is 20.7. The van der Waals surface area contributed by atoms with Crippen molar-refractivity contribution in [1.82, 2.24) is 9.55 Å². The highest BCUT2D eigenvalue weighted by molar-refractivity contribution is 7.91. The molecule has 152 valence electrons. The Labute approximate surface area is 170 Å². The van der Waals surface area contributed by atoms with Crippen molar-refractivity contribution in [1.29, 1.82) is 0 Å². The Morgan fingerprint density at radius 1 is 1.07 bits per heavy atom. The number of sulfone groups is 1. The molecular formula is C19H17ClN2O6S. The Hall–Kier alpha value is -3.04. The molecule has 0 amide bonds. The molecule has 0 aliphatic rings. The summed E-state index contributed by atoms with van der Waals surface area (Å²) in [6, 6.07) is 13.1. The topological polar surface area (TPSA) is 129 Å². The molecule has 0 fully saturated rings. The van der Waals surface area contributed by atoms with E-state index in [4.69, 9.17) is 11.6 Å². The number of H-pyrrole nitrogens is 1. The highest BCUT2D eigenvalue weighted by Gasteiger charge is 2.28. The standard InChI is InChI=1S/C19H17ClN2O6S/c20-15-5-1-12(2-6-15)13-3-7-16(8-4-13)29(27,28)11-14(18(24)25)10-22-17(23)9-21-19(22)26/h1-9,14,23H,10-11H2,(H,21,26)(H,24,25). The van der Waals surface area contributed by atoms with Gasteiger partial charge in [0.1, 0.15) is 0 Å². The molecule has 2 aromatic carbocycles. The zero-order valence-corrected chi connectivity index (χ0v) is 16.5. The maximum Gasteiger partial charge on any atom is 0.328 e. The van der Waals surface area contributed by atoms with Gasteiger partial charge < -0.3 is 15.2 Å². The summed E-state index contributed by atoms with van der Waals surface area (Å²) in [4.78, 5) is 25.3. The molecule has 0 radical (unpaired) electrons. The maximum atomic E-state index is 12.7. The van der Waals surface area contributed by atoms with Crippen LogP contribution in [0, 0.1) is 5.92 Å². The molecule has 1 aromatic heterocycles. The lowest BCUT2D eigenvalue weighted by Gasteiger charge is -2.14. The van der Waals surface area contributed by atoms with Crippen LogP contribution in [0.15, 0.2) is 64.4 Å². The van der Waals surface area contributed by atoms with Crippen LogP contribution in [0.2, 0.25) is 5.02 Å². The Balaban J connectivity index is 1.82. The smallest absolute Gasteiger partial charge is 0.328 e. The number of aromatic hydroxyl groups is 1. The maximum absolute atomic E-state index is 12.7. The monoisotopic (exact) mass is 436 g/mol. The van der Waals surface area contributed by atoms with E-state index in [0.717, 1.165) is 21.9 Å². The van der Waals surface area contributed by atoms with Crippen molar-refractivity contribution in [2.24, 2.45) is 5.92 Å². The summed E-state index contributed by atoms with van der Waals surface area (Å²) in [5, 5.41) is 19.6. The lowest BCUT2D eigenvalue weighted by atomic mass is 10.1. The number of benzene rings is 2. The first-order chi connectivity index (χ1) is 13.7. The van der Waals surface area contributed by atoms with E-state index in [1.807, 2.05) is 0 Å². The molecule has 8 nitrogen and oxygen atoms in total. The molecule has 0 bridgehead atoms.